The van der Waals surface area contributed by atoms with E-state index in [1.165, 1.54) is 6.08 Å². The van der Waals surface area contributed by atoms with Gasteiger partial charge in [0.05, 0.1) is 12.0 Å². The van der Waals surface area contributed by atoms with Crippen LogP contribution in [0, 0.1) is 16.7 Å². The van der Waals surface area contributed by atoms with Crippen molar-refractivity contribution >= 4 is 18.4 Å². The molecule has 7 heteroatoms. The molecule has 5 N–H and O–H groups in total. The molecule has 1 aromatic rings. The summed E-state index contributed by atoms with van der Waals surface area (Å²) < 4.78 is 5.54. The maximum Gasteiger partial charge on any atom is 0.244 e. The summed E-state index contributed by atoms with van der Waals surface area (Å²) in [6, 6.07) is 7.89. The topological polar surface area (TPSA) is 117 Å². The number of rotatable bonds is 13. The first-order valence-electron chi connectivity index (χ1n) is 10.2. The van der Waals surface area contributed by atoms with Crippen LogP contribution in [-0.2, 0) is 26.2 Å². The van der Waals surface area contributed by atoms with E-state index in [9.17, 15) is 9.59 Å². The maximum atomic E-state index is 13.0. The van der Waals surface area contributed by atoms with Crippen LogP contribution in [0.1, 0.15) is 51.7 Å². The minimum Gasteiger partial charge on any atom is -0.479 e. The first-order valence-corrected chi connectivity index (χ1v) is 10.2. The number of nitrogens with one attached hydrogen (secondary N) is 3. The lowest BCUT2D eigenvalue weighted by Gasteiger charge is -2.33. The van der Waals surface area contributed by atoms with E-state index in [1.54, 1.807) is 7.05 Å². The number of ether oxygens (including phenoxy) is 1. The Morgan fingerprint density at radius 2 is 2.00 bits per heavy atom. The molecule has 2 atom stereocenters. The summed E-state index contributed by atoms with van der Waals surface area (Å²) in [5, 5.41) is 7.05. The fourth-order valence-corrected chi connectivity index (χ4v) is 3.17. The minimum absolute atomic E-state index is 0.0757. The Kier molecular flexibility index (Phi) is 9.72. The number of benzene rings is 1. The molecule has 0 aromatic heterocycles. The van der Waals surface area contributed by atoms with Gasteiger partial charge in [0.1, 0.15) is 6.29 Å². The second-order valence-electron chi connectivity index (χ2n) is 8.74. The van der Waals surface area contributed by atoms with Gasteiger partial charge in [-0.25, -0.2) is 5.43 Å². The summed E-state index contributed by atoms with van der Waals surface area (Å²) in [7, 11) is 1.66. The van der Waals surface area contributed by atoms with Crippen molar-refractivity contribution in [2.45, 2.75) is 52.4 Å². The molecule has 0 aliphatic rings. The Morgan fingerprint density at radius 3 is 2.60 bits per heavy atom. The van der Waals surface area contributed by atoms with Crippen LogP contribution < -0.4 is 16.6 Å². The predicted molar refractivity (Wildman–Crippen MR) is 120 cm³/mol. The predicted octanol–water partition coefficient (Wildman–Crippen LogP) is 2.85. The van der Waals surface area contributed by atoms with E-state index in [0.717, 1.165) is 23.6 Å². The molecule has 0 bridgehead atoms. The van der Waals surface area contributed by atoms with Gasteiger partial charge in [-0.1, -0.05) is 45.0 Å². The molecule has 0 saturated heterocycles. The zero-order valence-electron chi connectivity index (χ0n) is 18.7. The van der Waals surface area contributed by atoms with Gasteiger partial charge in [0.25, 0.3) is 0 Å². The van der Waals surface area contributed by atoms with Crippen molar-refractivity contribution in [3.8, 4) is 0 Å². The van der Waals surface area contributed by atoms with E-state index < -0.39 is 5.41 Å². The zero-order chi connectivity index (χ0) is 22.8. The Balaban J connectivity index is 3.07. The van der Waals surface area contributed by atoms with E-state index in [-0.39, 0.29) is 23.1 Å². The molecule has 0 fully saturated rings. The second kappa shape index (κ2) is 11.5. The monoisotopic (exact) mass is 416 g/mol. The third-order valence-electron chi connectivity index (χ3n) is 5.27. The van der Waals surface area contributed by atoms with Crippen molar-refractivity contribution < 1.29 is 14.3 Å². The van der Waals surface area contributed by atoms with Crippen LogP contribution in [-0.4, -0.2) is 32.1 Å². The highest BCUT2D eigenvalue weighted by Gasteiger charge is 2.37. The van der Waals surface area contributed by atoms with Crippen LogP contribution in [0.5, 0.6) is 0 Å². The van der Waals surface area contributed by atoms with Crippen LogP contribution in [0.3, 0.4) is 0 Å². The van der Waals surface area contributed by atoms with Gasteiger partial charge in [0, 0.05) is 25.3 Å². The van der Waals surface area contributed by atoms with Crippen molar-refractivity contribution in [1.82, 2.24) is 10.9 Å². The van der Waals surface area contributed by atoms with Crippen LogP contribution in [0.25, 0.3) is 0 Å². The van der Waals surface area contributed by atoms with Gasteiger partial charge >= 0.3 is 0 Å². The molecule has 1 amide bonds. The van der Waals surface area contributed by atoms with Crippen molar-refractivity contribution in [3.63, 3.8) is 0 Å². The number of aldehydes is 1. The number of carbonyl (C=O) groups excluding carboxylic acids is 2. The molecule has 0 aliphatic carbocycles. The molecular weight excluding hydrogens is 380 g/mol. The molecule has 0 radical (unpaired) electrons. The van der Waals surface area contributed by atoms with E-state index in [4.69, 9.17) is 15.9 Å². The highest BCUT2D eigenvalue weighted by atomic mass is 16.5. The number of carbonyl (C=O) groups is 2. The van der Waals surface area contributed by atoms with E-state index in [2.05, 4.69) is 24.7 Å². The molecular formula is C23H36N4O3. The van der Waals surface area contributed by atoms with Gasteiger partial charge in [-0.05, 0) is 42.7 Å². The van der Waals surface area contributed by atoms with E-state index >= 15 is 0 Å². The molecule has 1 aromatic carbocycles. The molecule has 0 aliphatic heterocycles. The Hall–Kier alpha value is -2.67. The quantitative estimate of drug-likeness (QED) is 0.171. The summed E-state index contributed by atoms with van der Waals surface area (Å²) in [6.45, 7) is 8.31. The Bertz CT molecular complexity index is 761. The maximum absolute atomic E-state index is 13.0. The standard InChI is InChI=1S/C23H36N4O3/c1-17(15-28)13-18-7-6-8-19(14-18)23(4,21(29)27-26-5)11-10-22(2,3)16-30-20(25)9-12-24/h6-9,12,14-15,17,24,26H,10-11,13,16,25H2,1-5H3,(H,27,29)/b20-9+,24-12?. The molecule has 1 rings (SSSR count). The number of amides is 1. The van der Waals surface area contributed by atoms with Gasteiger partial charge in [-0.15, -0.1) is 0 Å². The SMILES string of the molecule is CNNC(=O)C(C)(CCC(C)(C)CO/C(N)=C/C=N)c1cccc(CC(C)C=O)c1. The number of hydrogen-bond acceptors (Lipinski definition) is 6. The zero-order valence-corrected chi connectivity index (χ0v) is 18.7. The van der Waals surface area contributed by atoms with Crippen LogP contribution in [0.4, 0.5) is 0 Å². The average molecular weight is 417 g/mol. The summed E-state index contributed by atoms with van der Waals surface area (Å²) >= 11 is 0. The molecule has 30 heavy (non-hydrogen) atoms. The fourth-order valence-electron chi connectivity index (χ4n) is 3.17. The molecule has 0 spiro atoms. The largest absolute Gasteiger partial charge is 0.479 e. The number of hydrogen-bond donors (Lipinski definition) is 4. The van der Waals surface area contributed by atoms with Crippen molar-refractivity contribution in [2.75, 3.05) is 13.7 Å². The van der Waals surface area contributed by atoms with Crippen LogP contribution >= 0.6 is 0 Å². The molecule has 7 nitrogen and oxygen atoms in total. The smallest absolute Gasteiger partial charge is 0.244 e. The van der Waals surface area contributed by atoms with Gasteiger partial charge in [-0.2, -0.15) is 0 Å². The first-order chi connectivity index (χ1) is 14.1. The minimum atomic E-state index is -0.767. The third kappa shape index (κ3) is 7.63. The number of hydrazine groups is 1. The summed E-state index contributed by atoms with van der Waals surface area (Å²) in [6.07, 6.45) is 5.37. The molecule has 0 heterocycles. The normalized spacial score (nSPS) is 15.0. The van der Waals surface area contributed by atoms with E-state index in [1.807, 2.05) is 38.1 Å². The molecule has 2 unspecified atom stereocenters. The Labute approximate surface area is 179 Å². The average Bonchev–Trinajstić information content (AvgIpc) is 2.71. The van der Waals surface area contributed by atoms with E-state index in [0.29, 0.717) is 25.9 Å². The van der Waals surface area contributed by atoms with Crippen molar-refractivity contribution in [1.29, 1.82) is 5.41 Å². The third-order valence-corrected chi connectivity index (χ3v) is 5.27. The Morgan fingerprint density at radius 1 is 1.30 bits per heavy atom. The molecule has 166 valence electrons. The highest BCUT2D eigenvalue weighted by Crippen LogP contribution is 2.35. The number of allylic oxidation sites excluding steroid dienone is 1. The van der Waals surface area contributed by atoms with Gasteiger partial charge in [-0.3, -0.25) is 10.2 Å². The van der Waals surface area contributed by atoms with Crippen molar-refractivity contribution in [2.24, 2.45) is 17.1 Å². The van der Waals surface area contributed by atoms with Gasteiger partial charge < -0.3 is 20.7 Å². The van der Waals surface area contributed by atoms with Gasteiger partial charge in [0.2, 0.25) is 5.91 Å². The van der Waals surface area contributed by atoms with Crippen LogP contribution in [0.15, 0.2) is 36.2 Å². The highest BCUT2D eigenvalue weighted by molar-refractivity contribution is 5.87. The van der Waals surface area contributed by atoms with Crippen LogP contribution in [0.2, 0.25) is 0 Å². The lowest BCUT2D eigenvalue weighted by atomic mass is 9.73. The second-order valence-corrected chi connectivity index (χ2v) is 8.74. The summed E-state index contributed by atoms with van der Waals surface area (Å²) in [5.41, 5.74) is 12.1. The molecule has 0 saturated carbocycles. The first kappa shape index (κ1) is 25.4. The number of nitrogens with two attached hydrogens (primary N) is 1. The fraction of sp³-hybridized carbons (Fsp3) is 0.522. The lowest BCUT2D eigenvalue weighted by Crippen LogP contribution is -2.47. The van der Waals surface area contributed by atoms with Gasteiger partial charge in [0.15, 0.2) is 5.88 Å². The lowest BCUT2D eigenvalue weighted by molar-refractivity contribution is -0.127. The summed E-state index contributed by atoms with van der Waals surface area (Å²) in [5.74, 6) is 0.00415. The van der Waals surface area contributed by atoms with Crippen molar-refractivity contribution in [3.05, 3.63) is 47.4 Å². The summed E-state index contributed by atoms with van der Waals surface area (Å²) in [4.78, 5) is 24.0.